The van der Waals surface area contributed by atoms with Crippen molar-refractivity contribution in [2.24, 2.45) is 0 Å². The zero-order valence-electron chi connectivity index (χ0n) is 11.0. The van der Waals surface area contributed by atoms with E-state index < -0.39 is 0 Å². The van der Waals surface area contributed by atoms with Gasteiger partial charge in [-0.15, -0.1) is 0 Å². The van der Waals surface area contributed by atoms with Gasteiger partial charge in [0.2, 0.25) is 0 Å². The van der Waals surface area contributed by atoms with Crippen LogP contribution in [-0.4, -0.2) is 29.8 Å². The van der Waals surface area contributed by atoms with E-state index in [1.54, 1.807) is 6.92 Å². The maximum Gasteiger partial charge on any atom is 0.146 e. The molecule has 0 aromatic rings. The van der Waals surface area contributed by atoms with Crippen LogP contribution in [0.1, 0.15) is 65.2 Å². The summed E-state index contributed by atoms with van der Waals surface area (Å²) in [7, 11) is 0. The third-order valence-corrected chi connectivity index (χ3v) is 3.63. The molecule has 1 heterocycles. The fraction of sp³-hybridized carbons (Fsp3) is 0.929. The molecule has 0 bridgehead atoms. The SMILES string of the molecule is CCCCCCCN1CCCCC1C(C)=O. The summed E-state index contributed by atoms with van der Waals surface area (Å²) in [6, 6.07) is 0.236. The average Bonchev–Trinajstić information content (AvgIpc) is 2.29. The molecular weight excluding hydrogens is 198 g/mol. The Hall–Kier alpha value is -0.370. The highest BCUT2D eigenvalue weighted by molar-refractivity contribution is 5.81. The van der Waals surface area contributed by atoms with Gasteiger partial charge >= 0.3 is 0 Å². The summed E-state index contributed by atoms with van der Waals surface area (Å²) >= 11 is 0. The van der Waals surface area contributed by atoms with E-state index in [-0.39, 0.29) is 6.04 Å². The van der Waals surface area contributed by atoms with Crippen molar-refractivity contribution in [2.75, 3.05) is 13.1 Å². The zero-order valence-corrected chi connectivity index (χ0v) is 11.0. The molecule has 2 heteroatoms. The number of hydrogen-bond acceptors (Lipinski definition) is 2. The van der Waals surface area contributed by atoms with Gasteiger partial charge in [0.25, 0.3) is 0 Å². The van der Waals surface area contributed by atoms with Crippen LogP contribution in [0.2, 0.25) is 0 Å². The van der Waals surface area contributed by atoms with Crippen LogP contribution in [0.25, 0.3) is 0 Å². The number of ketones is 1. The Morgan fingerprint density at radius 2 is 1.94 bits per heavy atom. The highest BCUT2D eigenvalue weighted by atomic mass is 16.1. The second-order valence-electron chi connectivity index (χ2n) is 5.07. The molecule has 16 heavy (non-hydrogen) atoms. The molecule has 1 aliphatic rings. The number of nitrogens with zero attached hydrogens (tertiary/aromatic N) is 1. The Kier molecular flexibility index (Phi) is 6.70. The minimum absolute atomic E-state index is 0.236. The summed E-state index contributed by atoms with van der Waals surface area (Å²) in [4.78, 5) is 13.9. The predicted octanol–water partition coefficient (Wildman–Crippen LogP) is 3.40. The Morgan fingerprint density at radius 1 is 1.19 bits per heavy atom. The molecule has 2 nitrogen and oxygen atoms in total. The molecule has 0 saturated carbocycles. The molecule has 1 unspecified atom stereocenters. The first-order valence-electron chi connectivity index (χ1n) is 7.00. The Balaban J connectivity index is 2.19. The lowest BCUT2D eigenvalue weighted by Gasteiger charge is -2.34. The fourth-order valence-electron chi connectivity index (χ4n) is 2.64. The van der Waals surface area contributed by atoms with Gasteiger partial charge in [-0.2, -0.15) is 0 Å². The number of carbonyl (C=O) groups excluding carboxylic acids is 1. The molecule has 1 atom stereocenters. The molecule has 1 fully saturated rings. The van der Waals surface area contributed by atoms with E-state index in [1.165, 1.54) is 44.9 Å². The summed E-state index contributed by atoms with van der Waals surface area (Å²) in [5.74, 6) is 0.369. The van der Waals surface area contributed by atoms with Crippen LogP contribution in [-0.2, 0) is 4.79 Å². The van der Waals surface area contributed by atoms with E-state index in [0.29, 0.717) is 5.78 Å². The van der Waals surface area contributed by atoms with Gasteiger partial charge in [-0.25, -0.2) is 0 Å². The Bertz CT molecular complexity index is 203. The molecule has 1 aliphatic heterocycles. The Morgan fingerprint density at radius 3 is 2.62 bits per heavy atom. The van der Waals surface area contributed by atoms with Crippen LogP contribution < -0.4 is 0 Å². The first kappa shape index (κ1) is 13.7. The third-order valence-electron chi connectivity index (χ3n) is 3.63. The summed E-state index contributed by atoms with van der Waals surface area (Å²) in [5, 5.41) is 0. The van der Waals surface area contributed by atoms with Crippen LogP contribution in [0, 0.1) is 0 Å². The largest absolute Gasteiger partial charge is 0.298 e. The fourth-order valence-corrected chi connectivity index (χ4v) is 2.64. The summed E-state index contributed by atoms with van der Waals surface area (Å²) in [5.41, 5.74) is 0. The maximum absolute atomic E-state index is 11.5. The molecule has 94 valence electrons. The van der Waals surface area contributed by atoms with Crippen LogP contribution in [0.5, 0.6) is 0 Å². The predicted molar refractivity (Wildman–Crippen MR) is 68.7 cm³/mol. The van der Waals surface area contributed by atoms with E-state index in [1.807, 2.05) is 0 Å². The van der Waals surface area contributed by atoms with Crippen molar-refractivity contribution >= 4 is 5.78 Å². The van der Waals surface area contributed by atoms with Crippen LogP contribution in [0.15, 0.2) is 0 Å². The van der Waals surface area contributed by atoms with Gasteiger partial charge in [0.1, 0.15) is 5.78 Å². The van der Waals surface area contributed by atoms with Crippen molar-refractivity contribution in [3.05, 3.63) is 0 Å². The molecule has 0 radical (unpaired) electrons. The van der Waals surface area contributed by atoms with Gasteiger partial charge in [0.05, 0.1) is 6.04 Å². The third kappa shape index (κ3) is 4.65. The van der Waals surface area contributed by atoms with Gasteiger partial charge in [-0.1, -0.05) is 39.0 Å². The maximum atomic E-state index is 11.5. The van der Waals surface area contributed by atoms with E-state index in [2.05, 4.69) is 11.8 Å². The van der Waals surface area contributed by atoms with Crippen molar-refractivity contribution in [3.8, 4) is 0 Å². The lowest BCUT2D eigenvalue weighted by molar-refractivity contribution is -0.123. The van der Waals surface area contributed by atoms with Gasteiger partial charge in [0.15, 0.2) is 0 Å². The van der Waals surface area contributed by atoms with Gasteiger partial charge in [-0.05, 0) is 39.3 Å². The first-order chi connectivity index (χ1) is 7.75. The molecule has 1 rings (SSSR count). The lowest BCUT2D eigenvalue weighted by Crippen LogP contribution is -2.44. The molecule has 0 N–H and O–H groups in total. The number of unbranched alkanes of at least 4 members (excludes halogenated alkanes) is 4. The molecule has 0 aromatic heterocycles. The standard InChI is InChI=1S/C14H27NO/c1-3-4-5-6-8-11-15-12-9-7-10-14(15)13(2)16/h14H,3-12H2,1-2H3. The van der Waals surface area contributed by atoms with E-state index >= 15 is 0 Å². The number of Topliss-reactive ketones (excluding diaryl/α,β-unsaturated/α-hetero) is 1. The van der Waals surface area contributed by atoms with Crippen LogP contribution in [0.3, 0.4) is 0 Å². The molecular formula is C14H27NO. The molecule has 0 aliphatic carbocycles. The van der Waals surface area contributed by atoms with Gasteiger partial charge in [-0.3, -0.25) is 9.69 Å². The topological polar surface area (TPSA) is 20.3 Å². The van der Waals surface area contributed by atoms with Crippen LogP contribution >= 0.6 is 0 Å². The van der Waals surface area contributed by atoms with E-state index in [4.69, 9.17) is 0 Å². The van der Waals surface area contributed by atoms with Crippen molar-refractivity contribution in [2.45, 2.75) is 71.3 Å². The quantitative estimate of drug-likeness (QED) is 0.619. The summed E-state index contributed by atoms with van der Waals surface area (Å²) in [6.45, 7) is 6.27. The number of likely N-dealkylation sites (tertiary alicyclic amines) is 1. The summed E-state index contributed by atoms with van der Waals surface area (Å²) < 4.78 is 0. The van der Waals surface area contributed by atoms with Crippen molar-refractivity contribution in [1.82, 2.24) is 4.90 Å². The van der Waals surface area contributed by atoms with Crippen molar-refractivity contribution in [1.29, 1.82) is 0 Å². The molecule has 0 aromatic carbocycles. The minimum atomic E-state index is 0.236. The van der Waals surface area contributed by atoms with Crippen molar-refractivity contribution in [3.63, 3.8) is 0 Å². The minimum Gasteiger partial charge on any atom is -0.298 e. The highest BCUT2D eigenvalue weighted by Gasteiger charge is 2.24. The molecule has 1 saturated heterocycles. The Labute approximate surface area is 100 Å². The van der Waals surface area contributed by atoms with E-state index in [0.717, 1.165) is 19.5 Å². The number of piperidine rings is 1. The second-order valence-corrected chi connectivity index (χ2v) is 5.07. The number of rotatable bonds is 7. The molecule has 0 amide bonds. The second kappa shape index (κ2) is 7.83. The smallest absolute Gasteiger partial charge is 0.146 e. The van der Waals surface area contributed by atoms with Gasteiger partial charge < -0.3 is 0 Å². The first-order valence-corrected chi connectivity index (χ1v) is 7.00. The van der Waals surface area contributed by atoms with E-state index in [9.17, 15) is 4.79 Å². The zero-order chi connectivity index (χ0) is 11.8. The monoisotopic (exact) mass is 225 g/mol. The highest BCUT2D eigenvalue weighted by Crippen LogP contribution is 2.18. The van der Waals surface area contributed by atoms with Crippen molar-refractivity contribution < 1.29 is 4.79 Å². The normalized spacial score (nSPS) is 22.2. The summed E-state index contributed by atoms with van der Waals surface area (Å²) in [6.07, 6.45) is 10.2. The van der Waals surface area contributed by atoms with Crippen LogP contribution in [0.4, 0.5) is 0 Å². The number of carbonyl (C=O) groups is 1. The number of hydrogen-bond donors (Lipinski definition) is 0. The molecule has 0 spiro atoms. The lowest BCUT2D eigenvalue weighted by atomic mass is 9.98. The average molecular weight is 225 g/mol. The van der Waals surface area contributed by atoms with Gasteiger partial charge in [0, 0.05) is 0 Å².